The van der Waals surface area contributed by atoms with Crippen LogP contribution in [0.3, 0.4) is 0 Å². The molecule has 6 nitrogen and oxygen atoms in total. The van der Waals surface area contributed by atoms with E-state index in [0.717, 1.165) is 11.8 Å². The molecule has 0 saturated heterocycles. The summed E-state index contributed by atoms with van der Waals surface area (Å²) in [7, 11) is 3.08. The molecule has 106 valence electrons. The number of rotatable bonds is 5. The van der Waals surface area contributed by atoms with Crippen LogP contribution >= 0.6 is 0 Å². The summed E-state index contributed by atoms with van der Waals surface area (Å²) < 4.78 is 28.8. The van der Waals surface area contributed by atoms with Crippen molar-refractivity contribution in [2.75, 3.05) is 20.0 Å². The third-order valence-corrected chi connectivity index (χ3v) is 2.59. The summed E-state index contributed by atoms with van der Waals surface area (Å²) in [5, 5.41) is 0. The van der Waals surface area contributed by atoms with Gasteiger partial charge in [-0.2, -0.15) is 4.98 Å². The molecular weight excluding hydrogens is 265 g/mol. The summed E-state index contributed by atoms with van der Waals surface area (Å²) in [5.41, 5.74) is 6.09. The van der Waals surface area contributed by atoms with Crippen LogP contribution in [0.15, 0.2) is 24.4 Å². The highest BCUT2D eigenvalue weighted by atomic mass is 19.1. The Morgan fingerprint density at radius 2 is 2.05 bits per heavy atom. The van der Waals surface area contributed by atoms with Gasteiger partial charge in [0.1, 0.15) is 6.61 Å². The number of nitrogens with zero attached hydrogens (tertiary/aromatic N) is 2. The van der Waals surface area contributed by atoms with Crippen LogP contribution in [0.2, 0.25) is 0 Å². The van der Waals surface area contributed by atoms with Crippen molar-refractivity contribution >= 4 is 5.82 Å². The van der Waals surface area contributed by atoms with Gasteiger partial charge in [0.2, 0.25) is 0 Å². The number of methoxy groups -OCH3 is 2. The molecule has 7 heteroatoms. The molecule has 20 heavy (non-hydrogen) atoms. The Labute approximate surface area is 115 Å². The summed E-state index contributed by atoms with van der Waals surface area (Å²) in [4.78, 5) is 7.38. The summed E-state index contributed by atoms with van der Waals surface area (Å²) in [5.74, 6) is 0.210. The number of nitrogen functional groups attached to an aromatic ring is 1. The topological polar surface area (TPSA) is 79.5 Å². The van der Waals surface area contributed by atoms with E-state index in [0.29, 0.717) is 11.5 Å². The van der Waals surface area contributed by atoms with E-state index in [1.54, 1.807) is 19.2 Å². The molecule has 0 aliphatic rings. The van der Waals surface area contributed by atoms with E-state index in [9.17, 15) is 4.39 Å². The molecule has 2 rings (SSSR count). The summed E-state index contributed by atoms with van der Waals surface area (Å²) in [6.07, 6.45) is 0.959. The minimum Gasteiger partial charge on any atom is -0.493 e. The van der Waals surface area contributed by atoms with Crippen molar-refractivity contribution in [1.29, 1.82) is 0 Å². The van der Waals surface area contributed by atoms with Crippen LogP contribution in [0.5, 0.6) is 17.5 Å². The predicted molar refractivity (Wildman–Crippen MR) is 70.3 cm³/mol. The largest absolute Gasteiger partial charge is 0.493 e. The van der Waals surface area contributed by atoms with Crippen LogP contribution in [0.4, 0.5) is 10.2 Å². The third kappa shape index (κ3) is 2.87. The van der Waals surface area contributed by atoms with Crippen LogP contribution in [0, 0.1) is 5.82 Å². The first-order chi connectivity index (χ1) is 9.65. The van der Waals surface area contributed by atoms with Crippen molar-refractivity contribution in [2.24, 2.45) is 0 Å². The normalized spacial score (nSPS) is 10.2. The second kappa shape index (κ2) is 6.05. The van der Waals surface area contributed by atoms with Crippen molar-refractivity contribution in [2.45, 2.75) is 6.61 Å². The number of anilines is 1. The number of nitrogens with two attached hydrogens (primary N) is 1. The Bertz CT molecular complexity index is 607. The monoisotopic (exact) mass is 279 g/mol. The highest BCUT2D eigenvalue weighted by Gasteiger charge is 2.11. The van der Waals surface area contributed by atoms with Gasteiger partial charge in [0.25, 0.3) is 0 Å². The molecule has 1 heterocycles. The van der Waals surface area contributed by atoms with E-state index < -0.39 is 5.82 Å². The number of aromatic nitrogens is 2. The lowest BCUT2D eigenvalue weighted by Gasteiger charge is -2.12. The molecule has 0 atom stereocenters. The molecule has 2 N–H and O–H groups in total. The second-order valence-electron chi connectivity index (χ2n) is 3.83. The van der Waals surface area contributed by atoms with E-state index in [1.165, 1.54) is 7.11 Å². The zero-order chi connectivity index (χ0) is 14.5. The van der Waals surface area contributed by atoms with E-state index in [2.05, 4.69) is 9.97 Å². The fourth-order valence-electron chi connectivity index (χ4n) is 1.64. The SMILES string of the molecule is COc1cccc(COc2ncc(F)c(N)n2)c1OC. The lowest BCUT2D eigenvalue weighted by atomic mass is 10.2. The van der Waals surface area contributed by atoms with Gasteiger partial charge < -0.3 is 19.9 Å². The molecular formula is C13H14FN3O3. The minimum absolute atomic E-state index is 0.00577. The van der Waals surface area contributed by atoms with Crippen molar-refractivity contribution < 1.29 is 18.6 Å². The van der Waals surface area contributed by atoms with Crippen molar-refractivity contribution in [3.8, 4) is 17.5 Å². The Balaban J connectivity index is 2.16. The van der Waals surface area contributed by atoms with E-state index >= 15 is 0 Å². The molecule has 0 unspecified atom stereocenters. The minimum atomic E-state index is -0.684. The van der Waals surface area contributed by atoms with Crippen LogP contribution < -0.4 is 19.9 Å². The summed E-state index contributed by atoms with van der Waals surface area (Å²) >= 11 is 0. The molecule has 0 bridgehead atoms. The van der Waals surface area contributed by atoms with Gasteiger partial charge in [-0.15, -0.1) is 0 Å². The van der Waals surface area contributed by atoms with Crippen LogP contribution in [-0.4, -0.2) is 24.2 Å². The van der Waals surface area contributed by atoms with Crippen molar-refractivity contribution in [1.82, 2.24) is 9.97 Å². The lowest BCUT2D eigenvalue weighted by molar-refractivity contribution is 0.269. The molecule has 0 aliphatic heterocycles. The van der Waals surface area contributed by atoms with Gasteiger partial charge in [-0.05, 0) is 6.07 Å². The average Bonchev–Trinajstić information content (AvgIpc) is 2.47. The standard InChI is InChI=1S/C13H14FN3O3/c1-18-10-5-3-4-8(11(10)19-2)7-20-13-16-6-9(14)12(15)17-13/h3-6H,7H2,1-2H3,(H2,15,16,17). The van der Waals surface area contributed by atoms with Gasteiger partial charge in [0, 0.05) is 5.56 Å². The Morgan fingerprint density at radius 1 is 1.25 bits per heavy atom. The highest BCUT2D eigenvalue weighted by Crippen LogP contribution is 2.31. The highest BCUT2D eigenvalue weighted by molar-refractivity contribution is 5.46. The third-order valence-electron chi connectivity index (χ3n) is 2.59. The molecule has 0 spiro atoms. The molecule has 0 radical (unpaired) electrons. The van der Waals surface area contributed by atoms with Crippen molar-refractivity contribution in [3.63, 3.8) is 0 Å². The number of halogens is 1. The lowest BCUT2D eigenvalue weighted by Crippen LogP contribution is -2.05. The second-order valence-corrected chi connectivity index (χ2v) is 3.83. The molecule has 0 aliphatic carbocycles. The van der Waals surface area contributed by atoms with E-state index in [1.807, 2.05) is 6.07 Å². The Hall–Kier alpha value is -2.57. The number of ether oxygens (including phenoxy) is 3. The molecule has 0 amide bonds. The number of para-hydroxylation sites is 1. The first-order valence-corrected chi connectivity index (χ1v) is 5.76. The van der Waals surface area contributed by atoms with Crippen LogP contribution in [0.1, 0.15) is 5.56 Å². The van der Waals surface area contributed by atoms with Gasteiger partial charge >= 0.3 is 6.01 Å². The fraction of sp³-hybridized carbons (Fsp3) is 0.231. The maximum absolute atomic E-state index is 12.9. The van der Waals surface area contributed by atoms with Crippen molar-refractivity contribution in [3.05, 3.63) is 35.8 Å². The number of benzene rings is 1. The number of hydrogen-bond acceptors (Lipinski definition) is 6. The average molecular weight is 279 g/mol. The summed E-state index contributed by atoms with van der Waals surface area (Å²) in [6, 6.07) is 5.39. The zero-order valence-electron chi connectivity index (χ0n) is 11.1. The molecule has 0 saturated carbocycles. The number of hydrogen-bond donors (Lipinski definition) is 1. The molecule has 2 aromatic rings. The fourth-order valence-corrected chi connectivity index (χ4v) is 1.64. The Kier molecular flexibility index (Phi) is 4.19. The predicted octanol–water partition coefficient (Wildman–Crippen LogP) is 1.79. The van der Waals surface area contributed by atoms with Gasteiger partial charge in [0.15, 0.2) is 23.1 Å². The molecule has 1 aromatic carbocycles. The first kappa shape index (κ1) is 13.9. The smallest absolute Gasteiger partial charge is 0.318 e. The zero-order valence-corrected chi connectivity index (χ0v) is 11.1. The molecule has 0 fully saturated rings. The van der Waals surface area contributed by atoms with E-state index in [-0.39, 0.29) is 18.4 Å². The van der Waals surface area contributed by atoms with Gasteiger partial charge in [-0.1, -0.05) is 12.1 Å². The van der Waals surface area contributed by atoms with Crippen LogP contribution in [0.25, 0.3) is 0 Å². The van der Waals surface area contributed by atoms with Crippen LogP contribution in [-0.2, 0) is 6.61 Å². The van der Waals surface area contributed by atoms with Gasteiger partial charge in [-0.25, -0.2) is 9.37 Å². The maximum Gasteiger partial charge on any atom is 0.318 e. The molecule has 1 aromatic heterocycles. The van der Waals surface area contributed by atoms with Gasteiger partial charge in [0.05, 0.1) is 20.4 Å². The maximum atomic E-state index is 12.9. The first-order valence-electron chi connectivity index (χ1n) is 5.76. The Morgan fingerprint density at radius 3 is 2.70 bits per heavy atom. The quantitative estimate of drug-likeness (QED) is 0.899. The van der Waals surface area contributed by atoms with Gasteiger partial charge in [-0.3, -0.25) is 0 Å². The summed E-state index contributed by atoms with van der Waals surface area (Å²) in [6.45, 7) is 0.144. The van der Waals surface area contributed by atoms with E-state index in [4.69, 9.17) is 19.9 Å².